The van der Waals surface area contributed by atoms with Crippen LogP contribution in [0.3, 0.4) is 0 Å². The number of piperidine rings is 1. The zero-order valence-corrected chi connectivity index (χ0v) is 23.7. The van der Waals surface area contributed by atoms with Crippen LogP contribution in [0, 0.1) is 11.3 Å². The van der Waals surface area contributed by atoms with Crippen LogP contribution in [0.2, 0.25) is 5.02 Å². The number of rotatable bonds is 10. The number of aliphatic carboxylic acids is 1. The van der Waals surface area contributed by atoms with Crippen LogP contribution in [0.5, 0.6) is 0 Å². The summed E-state index contributed by atoms with van der Waals surface area (Å²) in [5, 5.41) is 26.2. The number of likely N-dealkylation sites (tertiary alicyclic amines) is 1. The van der Waals surface area contributed by atoms with Gasteiger partial charge < -0.3 is 30.5 Å². The second-order valence-corrected chi connectivity index (χ2v) is 11.9. The average molecular weight is 554 g/mol. The quantitative estimate of drug-likeness (QED) is 0.325. The number of ether oxygens (including phenoxy) is 1. The first-order chi connectivity index (χ1) is 17.5. The van der Waals surface area contributed by atoms with Gasteiger partial charge in [0.15, 0.2) is 0 Å². The van der Waals surface area contributed by atoms with E-state index in [1.165, 1.54) is 0 Å². The highest BCUT2D eigenvalue weighted by molar-refractivity contribution is 6.30. The van der Waals surface area contributed by atoms with Crippen LogP contribution in [0.15, 0.2) is 24.3 Å². The molecule has 1 fully saturated rings. The number of carbonyl (C=O) groups excluding carboxylic acids is 3. The van der Waals surface area contributed by atoms with Gasteiger partial charge in [-0.05, 0) is 43.9 Å². The fourth-order valence-electron chi connectivity index (χ4n) is 4.57. The molecule has 0 spiro atoms. The third-order valence-electron chi connectivity index (χ3n) is 6.91. The zero-order valence-electron chi connectivity index (χ0n) is 23.0. The first-order valence-electron chi connectivity index (χ1n) is 12.7. The van der Waals surface area contributed by atoms with E-state index in [0.29, 0.717) is 18.0 Å². The highest BCUT2D eigenvalue weighted by Gasteiger charge is 2.50. The van der Waals surface area contributed by atoms with Crippen LogP contribution in [0.25, 0.3) is 0 Å². The molecule has 0 aliphatic carbocycles. The van der Waals surface area contributed by atoms with Crippen molar-refractivity contribution >= 4 is 35.5 Å². The molecule has 38 heavy (non-hydrogen) atoms. The minimum Gasteiger partial charge on any atom is -0.481 e. The summed E-state index contributed by atoms with van der Waals surface area (Å²) in [5.74, 6) is -2.24. The molecule has 1 unspecified atom stereocenters. The molecule has 212 valence electrons. The molecule has 4 N–H and O–H groups in total. The molecule has 1 heterocycles. The second kappa shape index (κ2) is 12.3. The van der Waals surface area contributed by atoms with Crippen LogP contribution >= 0.6 is 11.6 Å². The van der Waals surface area contributed by atoms with E-state index in [0.717, 1.165) is 5.56 Å². The van der Waals surface area contributed by atoms with Gasteiger partial charge in [-0.3, -0.25) is 14.4 Å². The minimum absolute atomic E-state index is 0.0402. The molecule has 2 atom stereocenters. The van der Waals surface area contributed by atoms with E-state index in [4.69, 9.17) is 21.4 Å². The topological polar surface area (TPSA) is 145 Å². The molecular formula is C27H40ClN3O7. The lowest BCUT2D eigenvalue weighted by molar-refractivity contribution is -0.158. The summed E-state index contributed by atoms with van der Waals surface area (Å²) in [6.07, 6.45) is -0.286. The van der Waals surface area contributed by atoms with Crippen molar-refractivity contribution in [1.82, 2.24) is 15.5 Å². The lowest BCUT2D eigenvalue weighted by atomic mass is 9.66. The Bertz CT molecular complexity index is 1030. The maximum absolute atomic E-state index is 13.5. The van der Waals surface area contributed by atoms with Gasteiger partial charge in [0.25, 0.3) is 0 Å². The monoisotopic (exact) mass is 553 g/mol. The van der Waals surface area contributed by atoms with Crippen LogP contribution in [-0.4, -0.2) is 70.3 Å². The van der Waals surface area contributed by atoms with Gasteiger partial charge in [0.05, 0.1) is 25.0 Å². The Morgan fingerprint density at radius 1 is 1.13 bits per heavy atom. The minimum atomic E-state index is -1.15. The van der Waals surface area contributed by atoms with Crippen molar-refractivity contribution in [3.05, 3.63) is 34.9 Å². The van der Waals surface area contributed by atoms with Crippen molar-refractivity contribution in [2.24, 2.45) is 11.3 Å². The molecule has 0 radical (unpaired) electrons. The summed E-state index contributed by atoms with van der Waals surface area (Å²) < 4.78 is 5.27. The van der Waals surface area contributed by atoms with Crippen LogP contribution < -0.4 is 10.6 Å². The summed E-state index contributed by atoms with van der Waals surface area (Å²) in [7, 11) is 0. The fourth-order valence-corrected chi connectivity index (χ4v) is 4.70. The summed E-state index contributed by atoms with van der Waals surface area (Å²) >= 11 is 6.01. The van der Waals surface area contributed by atoms with E-state index in [1.807, 2.05) is 27.7 Å². The number of amides is 3. The molecule has 10 nitrogen and oxygen atoms in total. The number of carbonyl (C=O) groups is 4. The third kappa shape index (κ3) is 8.07. The summed E-state index contributed by atoms with van der Waals surface area (Å²) in [6, 6.07) is 5.66. The number of esters is 1. The van der Waals surface area contributed by atoms with E-state index in [9.17, 15) is 24.3 Å². The van der Waals surface area contributed by atoms with E-state index >= 15 is 0 Å². The Hall–Kier alpha value is -2.85. The Kier molecular flexibility index (Phi) is 10.2. The van der Waals surface area contributed by atoms with Gasteiger partial charge in [-0.15, -0.1) is 0 Å². The van der Waals surface area contributed by atoms with Crippen molar-refractivity contribution < 1.29 is 34.1 Å². The summed E-state index contributed by atoms with van der Waals surface area (Å²) in [6.45, 7) is 11.2. The van der Waals surface area contributed by atoms with Gasteiger partial charge in [-0.2, -0.15) is 0 Å². The first-order valence-corrected chi connectivity index (χ1v) is 13.1. The van der Waals surface area contributed by atoms with Crippen molar-refractivity contribution in [2.45, 2.75) is 78.0 Å². The maximum Gasteiger partial charge on any atom is 0.315 e. The molecular weight excluding hydrogens is 514 g/mol. The SMILES string of the molecule is CC(C)C(NC(=O)NCC(C)(C)OC(=O)CCC(=O)O)C(=O)N1CC[C@](O)(c2ccc(Cl)cc2)C(C)(C)C1. The predicted molar refractivity (Wildman–Crippen MR) is 143 cm³/mol. The van der Waals surface area contributed by atoms with Gasteiger partial charge in [0.2, 0.25) is 5.91 Å². The number of aliphatic hydroxyl groups is 1. The molecule has 3 amide bonds. The van der Waals surface area contributed by atoms with Gasteiger partial charge in [0.1, 0.15) is 11.6 Å². The normalized spacial score (nSPS) is 20.0. The molecule has 1 aromatic rings. The summed E-state index contributed by atoms with van der Waals surface area (Å²) in [4.78, 5) is 50.3. The standard InChI is InChI=1S/C27H40ClN3O7/c1-17(2)22(30-24(36)29-15-26(5,6)38-21(34)12-11-20(32)33)23(35)31-14-13-27(37,25(3,4)16-31)18-7-9-19(28)10-8-18/h7-10,17,22,37H,11-16H2,1-6H3,(H,32,33)(H2,29,30,36)/t22?,27-/m0/s1. The number of nitrogens with one attached hydrogen (secondary N) is 2. The molecule has 0 bridgehead atoms. The molecule has 1 aromatic carbocycles. The average Bonchev–Trinajstić information content (AvgIpc) is 2.81. The van der Waals surface area contributed by atoms with Gasteiger partial charge in [-0.1, -0.05) is 51.4 Å². The fraction of sp³-hybridized carbons (Fsp3) is 0.630. The first kappa shape index (κ1) is 31.4. The number of carboxylic acids is 1. The van der Waals surface area contributed by atoms with Crippen LogP contribution in [-0.2, 0) is 24.7 Å². The lowest BCUT2D eigenvalue weighted by Crippen LogP contribution is -2.61. The number of urea groups is 1. The Labute approximate surface area is 229 Å². The van der Waals surface area contributed by atoms with Crippen molar-refractivity contribution in [2.75, 3.05) is 19.6 Å². The Balaban J connectivity index is 2.00. The number of benzene rings is 1. The van der Waals surface area contributed by atoms with Gasteiger partial charge >= 0.3 is 18.0 Å². The van der Waals surface area contributed by atoms with Gasteiger partial charge in [0, 0.05) is 23.5 Å². The van der Waals surface area contributed by atoms with E-state index in [2.05, 4.69) is 10.6 Å². The van der Waals surface area contributed by atoms with E-state index < -0.39 is 40.6 Å². The number of hydrogen-bond donors (Lipinski definition) is 4. The molecule has 11 heteroatoms. The maximum atomic E-state index is 13.5. The molecule has 0 saturated carbocycles. The second-order valence-electron chi connectivity index (χ2n) is 11.4. The summed E-state index contributed by atoms with van der Waals surface area (Å²) in [5.41, 5.74) is -2.16. The highest BCUT2D eigenvalue weighted by Crippen LogP contribution is 2.46. The molecule has 1 aliphatic rings. The molecule has 2 rings (SSSR count). The van der Waals surface area contributed by atoms with Crippen LogP contribution in [0.4, 0.5) is 4.79 Å². The Morgan fingerprint density at radius 2 is 1.74 bits per heavy atom. The van der Waals surface area contributed by atoms with Gasteiger partial charge in [-0.25, -0.2) is 4.79 Å². The molecule has 1 saturated heterocycles. The largest absolute Gasteiger partial charge is 0.481 e. The van der Waals surface area contributed by atoms with Crippen LogP contribution in [0.1, 0.15) is 66.4 Å². The van der Waals surface area contributed by atoms with Crippen molar-refractivity contribution in [3.8, 4) is 0 Å². The zero-order chi connectivity index (χ0) is 28.9. The van der Waals surface area contributed by atoms with E-state index in [-0.39, 0.29) is 37.8 Å². The number of nitrogens with zero attached hydrogens (tertiary/aromatic N) is 1. The number of halogens is 1. The van der Waals surface area contributed by atoms with E-state index in [1.54, 1.807) is 43.0 Å². The molecule has 0 aromatic heterocycles. The smallest absolute Gasteiger partial charge is 0.315 e. The van der Waals surface area contributed by atoms with Crippen molar-refractivity contribution in [3.63, 3.8) is 0 Å². The molecule has 1 aliphatic heterocycles. The Morgan fingerprint density at radius 3 is 2.26 bits per heavy atom. The van der Waals surface area contributed by atoms with Crippen molar-refractivity contribution in [1.29, 1.82) is 0 Å². The number of carboxylic acid groups (broad SMARTS) is 1. The lowest BCUT2D eigenvalue weighted by Gasteiger charge is -2.51. The highest BCUT2D eigenvalue weighted by atomic mass is 35.5. The number of hydrogen-bond acceptors (Lipinski definition) is 6. The predicted octanol–water partition coefficient (Wildman–Crippen LogP) is 3.30. The third-order valence-corrected chi connectivity index (χ3v) is 7.16.